The van der Waals surface area contributed by atoms with Crippen molar-refractivity contribution in [1.82, 2.24) is 20.2 Å². The van der Waals surface area contributed by atoms with Gasteiger partial charge in [-0.3, -0.25) is 0 Å². The van der Waals surface area contributed by atoms with Gasteiger partial charge in [-0.1, -0.05) is 36.3 Å². The van der Waals surface area contributed by atoms with Gasteiger partial charge in [0, 0.05) is 0 Å². The van der Waals surface area contributed by atoms with Crippen molar-refractivity contribution in [3.63, 3.8) is 0 Å². The number of anilines is 1. The lowest BCUT2D eigenvalue weighted by Crippen LogP contribution is -2.24. The average molecular weight is 271 g/mol. The van der Waals surface area contributed by atoms with Crippen molar-refractivity contribution in [3.05, 3.63) is 47.2 Å². The van der Waals surface area contributed by atoms with E-state index in [4.69, 9.17) is 5.11 Å². The molecule has 20 heavy (non-hydrogen) atoms. The summed E-state index contributed by atoms with van der Waals surface area (Å²) < 4.78 is 1.56. The van der Waals surface area contributed by atoms with Gasteiger partial charge < -0.3 is 10.4 Å². The predicted molar refractivity (Wildman–Crippen MR) is 71.1 cm³/mol. The van der Waals surface area contributed by atoms with E-state index < -0.39 is 5.97 Å². The molecule has 0 aliphatic carbocycles. The Hall–Kier alpha value is -2.70. The molecule has 2 heterocycles. The number of hydrogen-bond donors (Lipinski definition) is 2. The topological polar surface area (TPSA) is 92.9 Å². The van der Waals surface area contributed by atoms with Gasteiger partial charge in [0.1, 0.15) is 11.7 Å². The number of aliphatic carboxylic acids is 1. The largest absolute Gasteiger partial charge is 0.477 e. The maximum absolute atomic E-state index is 11.2. The van der Waals surface area contributed by atoms with Crippen LogP contribution in [0.3, 0.4) is 0 Å². The molecule has 1 unspecified atom stereocenters. The molecule has 1 aliphatic heterocycles. The Bertz CT molecular complexity index is 674. The van der Waals surface area contributed by atoms with E-state index in [0.29, 0.717) is 5.95 Å². The van der Waals surface area contributed by atoms with Crippen LogP contribution in [0.5, 0.6) is 0 Å². The van der Waals surface area contributed by atoms with Gasteiger partial charge in [0.05, 0.1) is 0 Å². The number of carboxylic acids is 1. The van der Waals surface area contributed by atoms with Crippen molar-refractivity contribution in [2.24, 2.45) is 0 Å². The second-order valence-corrected chi connectivity index (χ2v) is 4.50. The minimum absolute atomic E-state index is 0.0804. The SMILES string of the molecule is CCc1ccc(C2C=C(C(=O)O)Nc3nnnn32)cc1. The van der Waals surface area contributed by atoms with Crippen LogP contribution in [0.15, 0.2) is 36.0 Å². The fourth-order valence-electron chi connectivity index (χ4n) is 2.17. The van der Waals surface area contributed by atoms with Crippen molar-refractivity contribution in [3.8, 4) is 0 Å². The van der Waals surface area contributed by atoms with Crippen LogP contribution in [0.2, 0.25) is 0 Å². The number of carbonyl (C=O) groups is 1. The lowest BCUT2D eigenvalue weighted by molar-refractivity contribution is -0.132. The first-order valence-corrected chi connectivity index (χ1v) is 6.28. The van der Waals surface area contributed by atoms with Crippen LogP contribution < -0.4 is 5.32 Å². The van der Waals surface area contributed by atoms with Gasteiger partial charge in [-0.05, 0) is 34.1 Å². The Morgan fingerprint density at radius 1 is 1.40 bits per heavy atom. The zero-order valence-corrected chi connectivity index (χ0v) is 10.8. The molecule has 3 rings (SSSR count). The first-order valence-electron chi connectivity index (χ1n) is 6.28. The Labute approximate surface area is 114 Å². The summed E-state index contributed by atoms with van der Waals surface area (Å²) in [6.07, 6.45) is 2.56. The normalized spacial score (nSPS) is 17.1. The third-order valence-corrected chi connectivity index (χ3v) is 3.29. The number of nitrogens with zero attached hydrogens (tertiary/aromatic N) is 4. The molecule has 0 radical (unpaired) electrons. The summed E-state index contributed by atoms with van der Waals surface area (Å²) >= 11 is 0. The fourth-order valence-corrected chi connectivity index (χ4v) is 2.17. The van der Waals surface area contributed by atoms with Crippen molar-refractivity contribution in [2.75, 3.05) is 5.32 Å². The standard InChI is InChI=1S/C13H13N5O2/c1-2-8-3-5-9(6-4-8)11-7-10(12(19)20)14-13-15-16-17-18(11)13/h3-7,11H,2H2,1H3,(H,19,20)(H,14,15,17). The van der Waals surface area contributed by atoms with E-state index in [1.165, 1.54) is 5.56 Å². The molecule has 0 spiro atoms. The highest BCUT2D eigenvalue weighted by molar-refractivity contribution is 5.90. The molecule has 0 fully saturated rings. The van der Waals surface area contributed by atoms with E-state index in [1.54, 1.807) is 10.8 Å². The van der Waals surface area contributed by atoms with Gasteiger partial charge >= 0.3 is 5.97 Å². The van der Waals surface area contributed by atoms with Gasteiger partial charge in [0.25, 0.3) is 0 Å². The van der Waals surface area contributed by atoms with Gasteiger partial charge in [-0.25, -0.2) is 4.79 Å². The van der Waals surface area contributed by atoms with Crippen LogP contribution in [0, 0.1) is 0 Å². The molecule has 0 saturated carbocycles. The summed E-state index contributed by atoms with van der Waals surface area (Å²) in [6.45, 7) is 2.08. The molecule has 0 amide bonds. The molecular weight excluding hydrogens is 258 g/mol. The second kappa shape index (κ2) is 4.76. The molecule has 1 atom stereocenters. The average Bonchev–Trinajstić information content (AvgIpc) is 2.94. The molecule has 7 heteroatoms. The van der Waals surface area contributed by atoms with Crippen molar-refractivity contribution in [2.45, 2.75) is 19.4 Å². The van der Waals surface area contributed by atoms with Gasteiger partial charge in [-0.2, -0.15) is 4.68 Å². The minimum Gasteiger partial charge on any atom is -0.477 e. The van der Waals surface area contributed by atoms with E-state index in [-0.39, 0.29) is 11.7 Å². The third kappa shape index (κ3) is 2.03. The summed E-state index contributed by atoms with van der Waals surface area (Å²) in [4.78, 5) is 11.2. The molecule has 0 saturated heterocycles. The zero-order valence-electron chi connectivity index (χ0n) is 10.8. The van der Waals surface area contributed by atoms with Crippen molar-refractivity contribution in [1.29, 1.82) is 0 Å². The molecule has 102 valence electrons. The Balaban J connectivity index is 2.04. The maximum atomic E-state index is 11.2. The van der Waals surface area contributed by atoms with Crippen LogP contribution in [-0.4, -0.2) is 31.3 Å². The number of nitrogens with one attached hydrogen (secondary N) is 1. The lowest BCUT2D eigenvalue weighted by Gasteiger charge is -2.21. The van der Waals surface area contributed by atoms with Crippen LogP contribution in [0.4, 0.5) is 5.95 Å². The highest BCUT2D eigenvalue weighted by atomic mass is 16.4. The van der Waals surface area contributed by atoms with Crippen molar-refractivity contribution < 1.29 is 9.90 Å². The molecule has 2 aromatic rings. The van der Waals surface area contributed by atoms with E-state index in [9.17, 15) is 4.79 Å². The van der Waals surface area contributed by atoms with Gasteiger partial charge in [0.15, 0.2) is 0 Å². The monoisotopic (exact) mass is 271 g/mol. The number of fused-ring (bicyclic) bond motifs is 1. The summed E-state index contributed by atoms with van der Waals surface area (Å²) in [6, 6.07) is 7.66. The third-order valence-electron chi connectivity index (χ3n) is 3.29. The minimum atomic E-state index is -1.03. The molecule has 2 N–H and O–H groups in total. The molecular formula is C13H13N5O2. The molecule has 7 nitrogen and oxygen atoms in total. The van der Waals surface area contributed by atoms with E-state index in [0.717, 1.165) is 12.0 Å². The highest BCUT2D eigenvalue weighted by Crippen LogP contribution is 2.27. The number of hydrogen-bond acceptors (Lipinski definition) is 5. The fraction of sp³-hybridized carbons (Fsp3) is 0.231. The van der Waals surface area contributed by atoms with Crippen LogP contribution in [-0.2, 0) is 11.2 Å². The van der Waals surface area contributed by atoms with E-state index in [2.05, 4.69) is 27.8 Å². The number of carboxylic acid groups (broad SMARTS) is 1. The molecule has 1 aromatic heterocycles. The first-order chi connectivity index (χ1) is 9.69. The second-order valence-electron chi connectivity index (χ2n) is 4.50. The van der Waals surface area contributed by atoms with Crippen LogP contribution >= 0.6 is 0 Å². The van der Waals surface area contributed by atoms with Gasteiger partial charge in [-0.15, -0.1) is 0 Å². The lowest BCUT2D eigenvalue weighted by atomic mass is 10.0. The number of rotatable bonds is 3. The molecule has 1 aromatic carbocycles. The number of allylic oxidation sites excluding steroid dienone is 1. The number of tetrazole rings is 1. The summed E-state index contributed by atoms with van der Waals surface area (Å²) in [5.41, 5.74) is 2.25. The number of aryl methyl sites for hydroxylation is 1. The number of benzene rings is 1. The first kappa shape index (κ1) is 12.3. The smallest absolute Gasteiger partial charge is 0.352 e. The van der Waals surface area contributed by atoms with Crippen molar-refractivity contribution >= 4 is 11.9 Å². The maximum Gasteiger partial charge on any atom is 0.352 e. The quantitative estimate of drug-likeness (QED) is 0.871. The van der Waals surface area contributed by atoms with E-state index >= 15 is 0 Å². The molecule has 1 aliphatic rings. The summed E-state index contributed by atoms with van der Waals surface area (Å²) in [5.74, 6) is -0.705. The van der Waals surface area contributed by atoms with Crippen LogP contribution in [0.25, 0.3) is 0 Å². The Kier molecular flexibility index (Phi) is 2.94. The molecule has 0 bridgehead atoms. The Morgan fingerprint density at radius 3 is 2.80 bits per heavy atom. The highest BCUT2D eigenvalue weighted by Gasteiger charge is 2.26. The summed E-state index contributed by atoms with van der Waals surface area (Å²) in [5, 5.41) is 23.1. The Morgan fingerprint density at radius 2 is 2.15 bits per heavy atom. The van der Waals surface area contributed by atoms with Gasteiger partial charge in [0.2, 0.25) is 5.95 Å². The summed E-state index contributed by atoms with van der Waals surface area (Å²) in [7, 11) is 0. The van der Waals surface area contributed by atoms with Crippen LogP contribution in [0.1, 0.15) is 24.1 Å². The van der Waals surface area contributed by atoms with E-state index in [1.807, 2.05) is 24.3 Å². The predicted octanol–water partition coefficient (Wildman–Crippen LogP) is 1.22. The number of aromatic nitrogens is 4. The zero-order chi connectivity index (χ0) is 14.1.